The highest BCUT2D eigenvalue weighted by atomic mass is 16.8. The Balaban J connectivity index is 2.53. The Morgan fingerprint density at radius 2 is 2.08 bits per heavy atom. The van der Waals surface area contributed by atoms with Crippen LogP contribution in [0.4, 0.5) is 0 Å². The predicted molar refractivity (Wildman–Crippen MR) is 45.7 cm³/mol. The third kappa shape index (κ3) is 2.44. The van der Waals surface area contributed by atoms with Gasteiger partial charge in [0, 0.05) is 13.5 Å². The molecule has 0 aromatic heterocycles. The topological polar surface area (TPSA) is 27.7 Å². The molecule has 1 rings (SSSR count). The molecule has 72 valence electrons. The molecule has 0 radical (unpaired) electrons. The van der Waals surface area contributed by atoms with E-state index in [0.717, 1.165) is 12.8 Å². The van der Waals surface area contributed by atoms with Crippen LogP contribution in [0.2, 0.25) is 0 Å². The lowest BCUT2D eigenvalue weighted by atomic mass is 10.1. The van der Waals surface area contributed by atoms with Crippen LogP contribution in [0.5, 0.6) is 0 Å². The summed E-state index contributed by atoms with van der Waals surface area (Å²) in [5, 5.41) is 0. The lowest BCUT2D eigenvalue weighted by molar-refractivity contribution is -0.346. The van der Waals surface area contributed by atoms with E-state index in [-0.39, 0.29) is 12.4 Å². The highest BCUT2D eigenvalue weighted by Gasteiger charge is 2.34. The Labute approximate surface area is 74.0 Å². The maximum Gasteiger partial charge on any atom is 0.166 e. The van der Waals surface area contributed by atoms with Crippen molar-refractivity contribution in [1.82, 2.24) is 0 Å². The zero-order valence-corrected chi connectivity index (χ0v) is 8.29. The average Bonchev–Trinajstić information content (AvgIpc) is 2.01. The molecular weight excluding hydrogens is 156 g/mol. The third-order valence-corrected chi connectivity index (χ3v) is 2.04. The fourth-order valence-electron chi connectivity index (χ4n) is 1.45. The molecule has 1 saturated heterocycles. The minimum atomic E-state index is -0.500. The fourth-order valence-corrected chi connectivity index (χ4v) is 1.45. The zero-order chi connectivity index (χ0) is 9.19. The standard InChI is InChI=1S/C9H18O3/c1-5-7-6-8(10-4)12-9(2,3)11-7/h7-8H,5-6H2,1-4H3/t7-,8-/m0/s1. The van der Waals surface area contributed by atoms with E-state index in [0.29, 0.717) is 0 Å². The largest absolute Gasteiger partial charge is 0.356 e. The van der Waals surface area contributed by atoms with Gasteiger partial charge < -0.3 is 14.2 Å². The summed E-state index contributed by atoms with van der Waals surface area (Å²) in [6.07, 6.45) is 1.99. The van der Waals surface area contributed by atoms with Crippen molar-refractivity contribution >= 4 is 0 Å². The normalized spacial score (nSPS) is 35.0. The molecule has 1 aliphatic heterocycles. The van der Waals surface area contributed by atoms with E-state index in [4.69, 9.17) is 14.2 Å². The molecule has 0 aliphatic carbocycles. The van der Waals surface area contributed by atoms with Crippen LogP contribution in [0.1, 0.15) is 33.6 Å². The first-order valence-electron chi connectivity index (χ1n) is 4.46. The van der Waals surface area contributed by atoms with E-state index < -0.39 is 5.79 Å². The summed E-state index contributed by atoms with van der Waals surface area (Å²) < 4.78 is 16.3. The second-order valence-corrected chi connectivity index (χ2v) is 3.57. The Hall–Kier alpha value is -0.120. The molecule has 2 atom stereocenters. The quantitative estimate of drug-likeness (QED) is 0.640. The second kappa shape index (κ2) is 3.73. The van der Waals surface area contributed by atoms with Gasteiger partial charge in [0.1, 0.15) is 0 Å². The van der Waals surface area contributed by atoms with Gasteiger partial charge in [-0.15, -0.1) is 0 Å². The van der Waals surface area contributed by atoms with Crippen LogP contribution in [0.25, 0.3) is 0 Å². The molecule has 0 unspecified atom stereocenters. The van der Waals surface area contributed by atoms with Crippen LogP contribution in [0.15, 0.2) is 0 Å². The van der Waals surface area contributed by atoms with Crippen LogP contribution < -0.4 is 0 Å². The Morgan fingerprint density at radius 1 is 1.42 bits per heavy atom. The first kappa shape index (κ1) is 9.96. The van der Waals surface area contributed by atoms with Crippen LogP contribution in [0.3, 0.4) is 0 Å². The van der Waals surface area contributed by atoms with Gasteiger partial charge in [-0.2, -0.15) is 0 Å². The average molecular weight is 174 g/mol. The van der Waals surface area contributed by atoms with E-state index in [1.54, 1.807) is 7.11 Å². The summed E-state index contributed by atoms with van der Waals surface area (Å²) in [5.74, 6) is -0.500. The van der Waals surface area contributed by atoms with Crippen LogP contribution >= 0.6 is 0 Å². The van der Waals surface area contributed by atoms with Crippen molar-refractivity contribution in [2.24, 2.45) is 0 Å². The van der Waals surface area contributed by atoms with Crippen molar-refractivity contribution in [2.45, 2.75) is 51.8 Å². The minimum Gasteiger partial charge on any atom is -0.356 e. The molecule has 1 heterocycles. The Kier molecular flexibility index (Phi) is 3.09. The van der Waals surface area contributed by atoms with E-state index in [9.17, 15) is 0 Å². The van der Waals surface area contributed by atoms with Crippen molar-refractivity contribution < 1.29 is 14.2 Å². The van der Waals surface area contributed by atoms with Crippen molar-refractivity contribution in [1.29, 1.82) is 0 Å². The maximum atomic E-state index is 5.65. The van der Waals surface area contributed by atoms with Crippen molar-refractivity contribution in [3.05, 3.63) is 0 Å². The van der Waals surface area contributed by atoms with Gasteiger partial charge in [0.2, 0.25) is 0 Å². The number of methoxy groups -OCH3 is 1. The SMILES string of the molecule is CC[C@H]1C[C@@H](OC)OC(C)(C)O1. The van der Waals surface area contributed by atoms with Crippen LogP contribution in [-0.2, 0) is 14.2 Å². The molecule has 3 heteroatoms. The van der Waals surface area contributed by atoms with Gasteiger partial charge in [0.05, 0.1) is 6.10 Å². The van der Waals surface area contributed by atoms with Gasteiger partial charge in [-0.25, -0.2) is 0 Å². The molecule has 0 saturated carbocycles. The number of ether oxygens (including phenoxy) is 3. The molecule has 3 nitrogen and oxygen atoms in total. The number of rotatable bonds is 2. The van der Waals surface area contributed by atoms with E-state index >= 15 is 0 Å². The van der Waals surface area contributed by atoms with Crippen molar-refractivity contribution in [3.63, 3.8) is 0 Å². The maximum absolute atomic E-state index is 5.65. The number of hydrogen-bond acceptors (Lipinski definition) is 3. The Bertz CT molecular complexity index is 131. The number of hydrogen-bond donors (Lipinski definition) is 0. The fraction of sp³-hybridized carbons (Fsp3) is 1.00. The van der Waals surface area contributed by atoms with Gasteiger partial charge in [0.25, 0.3) is 0 Å². The molecule has 1 fully saturated rings. The van der Waals surface area contributed by atoms with Gasteiger partial charge >= 0.3 is 0 Å². The first-order chi connectivity index (χ1) is 5.57. The monoisotopic (exact) mass is 174 g/mol. The zero-order valence-electron chi connectivity index (χ0n) is 8.29. The molecular formula is C9H18O3. The minimum absolute atomic E-state index is 0.112. The van der Waals surface area contributed by atoms with Crippen LogP contribution in [-0.4, -0.2) is 25.3 Å². The van der Waals surface area contributed by atoms with Crippen molar-refractivity contribution in [3.8, 4) is 0 Å². The summed E-state index contributed by atoms with van der Waals surface area (Å²) in [7, 11) is 1.67. The van der Waals surface area contributed by atoms with Gasteiger partial charge in [-0.1, -0.05) is 6.92 Å². The highest BCUT2D eigenvalue weighted by molar-refractivity contribution is 4.70. The molecule has 0 N–H and O–H groups in total. The molecule has 0 amide bonds. The summed E-state index contributed by atoms with van der Waals surface area (Å²) >= 11 is 0. The molecule has 1 aliphatic rings. The first-order valence-corrected chi connectivity index (χ1v) is 4.46. The molecule has 0 aromatic carbocycles. The summed E-state index contributed by atoms with van der Waals surface area (Å²) in [4.78, 5) is 0. The van der Waals surface area contributed by atoms with Crippen LogP contribution in [0, 0.1) is 0 Å². The highest BCUT2D eigenvalue weighted by Crippen LogP contribution is 2.28. The van der Waals surface area contributed by atoms with Gasteiger partial charge in [-0.3, -0.25) is 0 Å². The van der Waals surface area contributed by atoms with Gasteiger partial charge in [-0.05, 0) is 20.3 Å². The molecule has 0 aromatic rings. The smallest absolute Gasteiger partial charge is 0.166 e. The lowest BCUT2D eigenvalue weighted by Crippen LogP contribution is -2.45. The lowest BCUT2D eigenvalue weighted by Gasteiger charge is -2.39. The van der Waals surface area contributed by atoms with E-state index in [2.05, 4.69) is 6.92 Å². The Morgan fingerprint density at radius 3 is 2.58 bits per heavy atom. The summed E-state index contributed by atoms with van der Waals surface area (Å²) in [5.41, 5.74) is 0. The van der Waals surface area contributed by atoms with E-state index in [1.807, 2.05) is 13.8 Å². The summed E-state index contributed by atoms with van der Waals surface area (Å²) in [6.45, 7) is 5.94. The second-order valence-electron chi connectivity index (χ2n) is 3.57. The van der Waals surface area contributed by atoms with E-state index in [1.165, 1.54) is 0 Å². The molecule has 0 spiro atoms. The van der Waals surface area contributed by atoms with Crippen molar-refractivity contribution in [2.75, 3.05) is 7.11 Å². The third-order valence-electron chi connectivity index (χ3n) is 2.04. The predicted octanol–water partition coefficient (Wildman–Crippen LogP) is 1.91. The van der Waals surface area contributed by atoms with Gasteiger partial charge in [0.15, 0.2) is 12.1 Å². The molecule has 12 heavy (non-hydrogen) atoms. The summed E-state index contributed by atoms with van der Waals surface area (Å²) in [6, 6.07) is 0. The molecule has 0 bridgehead atoms.